The lowest BCUT2D eigenvalue weighted by atomic mass is 10.2. The fourth-order valence-corrected chi connectivity index (χ4v) is 1.51. The maximum Gasteiger partial charge on any atom is 0.251 e. The molecule has 0 radical (unpaired) electrons. The molecule has 0 atom stereocenters. The first kappa shape index (κ1) is 11.2. The van der Waals surface area contributed by atoms with Gasteiger partial charge in [-0.25, -0.2) is 0 Å². The average molecular weight is 231 g/mol. The summed E-state index contributed by atoms with van der Waals surface area (Å²) in [5, 5.41) is 2.75. The van der Waals surface area contributed by atoms with Gasteiger partial charge in [0.25, 0.3) is 5.91 Å². The van der Waals surface area contributed by atoms with Crippen LogP contribution in [0.15, 0.2) is 47.7 Å². The molecule has 5 heteroatoms. The summed E-state index contributed by atoms with van der Waals surface area (Å²) in [5.41, 5.74) is 0.101. The molecule has 88 valence electrons. The van der Waals surface area contributed by atoms with Crippen molar-refractivity contribution in [2.24, 2.45) is 0 Å². The number of nitrogens with zero attached hydrogens (tertiary/aromatic N) is 1. The predicted octanol–water partition coefficient (Wildman–Crippen LogP) is 0.606. The Morgan fingerprint density at radius 1 is 1.35 bits per heavy atom. The van der Waals surface area contributed by atoms with Gasteiger partial charge < -0.3 is 14.9 Å². The third-order valence-electron chi connectivity index (χ3n) is 2.36. The van der Waals surface area contributed by atoms with Crippen molar-refractivity contribution in [3.63, 3.8) is 0 Å². The molecule has 0 aliphatic heterocycles. The number of H-pyrrole nitrogens is 1. The standard InChI is InChI=1S/C12H13N3O2/c16-11-9-10(3-4-13-11)12(17)14-5-8-15-6-1-2-7-15/h1-4,6-7,9H,5,8H2,(H,13,16)(H,14,17). The Labute approximate surface area is 98.1 Å². The van der Waals surface area contributed by atoms with Crippen LogP contribution >= 0.6 is 0 Å². The van der Waals surface area contributed by atoms with E-state index in [-0.39, 0.29) is 11.5 Å². The second-order valence-corrected chi connectivity index (χ2v) is 3.62. The second kappa shape index (κ2) is 5.16. The van der Waals surface area contributed by atoms with Crippen molar-refractivity contribution < 1.29 is 4.79 Å². The molecule has 0 unspecified atom stereocenters. The van der Waals surface area contributed by atoms with Crippen LogP contribution in [-0.2, 0) is 6.54 Å². The fourth-order valence-electron chi connectivity index (χ4n) is 1.51. The lowest BCUT2D eigenvalue weighted by Crippen LogP contribution is -2.27. The van der Waals surface area contributed by atoms with Crippen LogP contribution in [0.1, 0.15) is 10.4 Å². The average Bonchev–Trinajstić information content (AvgIpc) is 2.82. The molecule has 2 heterocycles. The van der Waals surface area contributed by atoms with Crippen molar-refractivity contribution in [3.8, 4) is 0 Å². The number of nitrogens with one attached hydrogen (secondary N) is 2. The van der Waals surface area contributed by atoms with Gasteiger partial charge in [0.2, 0.25) is 5.56 Å². The summed E-state index contributed by atoms with van der Waals surface area (Å²) in [6.07, 6.45) is 5.32. The smallest absolute Gasteiger partial charge is 0.251 e. The zero-order valence-corrected chi connectivity index (χ0v) is 9.22. The van der Waals surface area contributed by atoms with Gasteiger partial charge in [0.1, 0.15) is 0 Å². The van der Waals surface area contributed by atoms with Gasteiger partial charge >= 0.3 is 0 Å². The van der Waals surface area contributed by atoms with E-state index in [4.69, 9.17) is 0 Å². The summed E-state index contributed by atoms with van der Waals surface area (Å²) in [6, 6.07) is 6.72. The zero-order chi connectivity index (χ0) is 12.1. The SMILES string of the molecule is O=C(NCCn1cccc1)c1cc[nH]c(=O)c1. The molecule has 0 aliphatic rings. The van der Waals surface area contributed by atoms with Crippen LogP contribution in [0.2, 0.25) is 0 Å². The highest BCUT2D eigenvalue weighted by Gasteiger charge is 2.04. The van der Waals surface area contributed by atoms with E-state index in [2.05, 4.69) is 10.3 Å². The Balaban J connectivity index is 1.87. The number of pyridine rings is 1. The Hall–Kier alpha value is -2.30. The van der Waals surface area contributed by atoms with Crippen LogP contribution in [0.4, 0.5) is 0 Å². The van der Waals surface area contributed by atoms with Crippen molar-refractivity contribution in [1.29, 1.82) is 0 Å². The highest BCUT2D eigenvalue weighted by molar-refractivity contribution is 5.93. The molecule has 2 aromatic rings. The number of hydrogen-bond acceptors (Lipinski definition) is 2. The van der Waals surface area contributed by atoms with E-state index in [1.54, 1.807) is 6.07 Å². The third kappa shape index (κ3) is 3.07. The summed E-state index contributed by atoms with van der Waals surface area (Å²) < 4.78 is 1.97. The Morgan fingerprint density at radius 2 is 2.12 bits per heavy atom. The maximum absolute atomic E-state index is 11.7. The molecule has 0 bridgehead atoms. The third-order valence-corrected chi connectivity index (χ3v) is 2.36. The quantitative estimate of drug-likeness (QED) is 0.809. The molecule has 0 fully saturated rings. The molecule has 5 nitrogen and oxygen atoms in total. The number of hydrogen-bond donors (Lipinski definition) is 2. The largest absolute Gasteiger partial charge is 0.353 e. The second-order valence-electron chi connectivity index (χ2n) is 3.62. The molecular formula is C12H13N3O2. The summed E-state index contributed by atoms with van der Waals surface area (Å²) in [6.45, 7) is 1.24. The van der Waals surface area contributed by atoms with Gasteiger partial charge in [0.05, 0.1) is 0 Å². The van der Waals surface area contributed by atoms with Gasteiger partial charge in [-0.2, -0.15) is 0 Å². The summed E-state index contributed by atoms with van der Waals surface area (Å²) >= 11 is 0. The van der Waals surface area contributed by atoms with E-state index in [0.717, 1.165) is 0 Å². The monoisotopic (exact) mass is 231 g/mol. The lowest BCUT2D eigenvalue weighted by Gasteiger charge is -2.05. The van der Waals surface area contributed by atoms with Gasteiger partial charge in [-0.3, -0.25) is 9.59 Å². The van der Waals surface area contributed by atoms with Crippen LogP contribution in [-0.4, -0.2) is 22.0 Å². The number of aromatic amines is 1. The van der Waals surface area contributed by atoms with Crippen molar-refractivity contribution in [2.45, 2.75) is 6.54 Å². The van der Waals surface area contributed by atoms with Gasteiger partial charge in [0.15, 0.2) is 0 Å². The minimum Gasteiger partial charge on any atom is -0.353 e. The van der Waals surface area contributed by atoms with Crippen LogP contribution in [0.3, 0.4) is 0 Å². The predicted molar refractivity (Wildman–Crippen MR) is 63.8 cm³/mol. The molecule has 2 aromatic heterocycles. The lowest BCUT2D eigenvalue weighted by molar-refractivity contribution is 0.0952. The molecule has 17 heavy (non-hydrogen) atoms. The van der Waals surface area contributed by atoms with E-state index in [1.807, 2.05) is 29.1 Å². The normalized spacial score (nSPS) is 10.1. The molecule has 1 amide bonds. The highest BCUT2D eigenvalue weighted by Crippen LogP contribution is 1.93. The van der Waals surface area contributed by atoms with Crippen molar-refractivity contribution in [3.05, 3.63) is 58.8 Å². The molecule has 0 aromatic carbocycles. The van der Waals surface area contributed by atoms with E-state index in [0.29, 0.717) is 18.7 Å². The molecular weight excluding hydrogens is 218 g/mol. The number of aromatic nitrogens is 2. The minimum absolute atomic E-state index is 0.233. The number of amides is 1. The van der Waals surface area contributed by atoms with Crippen LogP contribution < -0.4 is 10.9 Å². The fraction of sp³-hybridized carbons (Fsp3) is 0.167. The Kier molecular flexibility index (Phi) is 3.40. The van der Waals surface area contributed by atoms with E-state index in [1.165, 1.54) is 12.3 Å². The zero-order valence-electron chi connectivity index (χ0n) is 9.22. The van der Waals surface area contributed by atoms with Gasteiger partial charge in [-0.05, 0) is 18.2 Å². The van der Waals surface area contributed by atoms with Crippen LogP contribution in [0.25, 0.3) is 0 Å². The Bertz CT molecular complexity index is 543. The van der Waals surface area contributed by atoms with Gasteiger partial charge in [-0.15, -0.1) is 0 Å². The van der Waals surface area contributed by atoms with E-state index in [9.17, 15) is 9.59 Å². The molecule has 0 spiro atoms. The van der Waals surface area contributed by atoms with Gasteiger partial charge in [-0.1, -0.05) is 0 Å². The van der Waals surface area contributed by atoms with Crippen molar-refractivity contribution in [2.75, 3.05) is 6.54 Å². The topological polar surface area (TPSA) is 66.9 Å². The summed E-state index contributed by atoms with van der Waals surface area (Å²) in [4.78, 5) is 25.1. The molecule has 2 N–H and O–H groups in total. The number of carbonyl (C=O) groups is 1. The molecule has 0 aliphatic carbocycles. The summed E-state index contributed by atoms with van der Waals surface area (Å²) in [5.74, 6) is -0.233. The molecule has 0 saturated heterocycles. The van der Waals surface area contributed by atoms with Crippen molar-refractivity contribution >= 4 is 5.91 Å². The maximum atomic E-state index is 11.7. The van der Waals surface area contributed by atoms with Gasteiger partial charge in [0, 0.05) is 43.3 Å². The van der Waals surface area contributed by atoms with Crippen LogP contribution in [0.5, 0.6) is 0 Å². The first-order chi connectivity index (χ1) is 8.25. The molecule has 2 rings (SSSR count). The first-order valence-electron chi connectivity index (χ1n) is 5.33. The van der Waals surface area contributed by atoms with Crippen LogP contribution in [0, 0.1) is 0 Å². The van der Waals surface area contributed by atoms with E-state index >= 15 is 0 Å². The van der Waals surface area contributed by atoms with E-state index < -0.39 is 0 Å². The highest BCUT2D eigenvalue weighted by atomic mass is 16.2. The Morgan fingerprint density at radius 3 is 2.82 bits per heavy atom. The molecule has 0 saturated carbocycles. The van der Waals surface area contributed by atoms with Crippen molar-refractivity contribution in [1.82, 2.24) is 14.9 Å². The summed E-state index contributed by atoms with van der Waals surface area (Å²) in [7, 11) is 0. The first-order valence-corrected chi connectivity index (χ1v) is 5.33. The number of rotatable bonds is 4. The minimum atomic E-state index is -0.275. The number of carbonyl (C=O) groups excluding carboxylic acids is 1.